The fraction of sp³-hybridized carbons (Fsp3) is 0.250. The van der Waals surface area contributed by atoms with E-state index < -0.39 is 0 Å². The summed E-state index contributed by atoms with van der Waals surface area (Å²) in [5.41, 5.74) is 2.65. The van der Waals surface area contributed by atoms with Gasteiger partial charge >= 0.3 is 5.97 Å². The molecule has 0 fully saturated rings. The minimum Gasteiger partial charge on any atom is -0.469 e. The van der Waals surface area contributed by atoms with Gasteiger partial charge in [-0.15, -0.1) is 0 Å². The summed E-state index contributed by atoms with van der Waals surface area (Å²) in [6.07, 6.45) is 0.265. The third-order valence-corrected chi connectivity index (χ3v) is 2.87. The van der Waals surface area contributed by atoms with Crippen molar-refractivity contribution in [2.24, 2.45) is 0 Å². The van der Waals surface area contributed by atoms with Crippen molar-refractivity contribution in [3.8, 4) is 17.1 Å². The highest BCUT2D eigenvalue weighted by molar-refractivity contribution is 5.72. The maximum Gasteiger partial charge on any atom is 0.309 e. The van der Waals surface area contributed by atoms with Gasteiger partial charge in [0.2, 0.25) is 5.88 Å². The van der Waals surface area contributed by atoms with Crippen molar-refractivity contribution in [1.82, 2.24) is 4.98 Å². The summed E-state index contributed by atoms with van der Waals surface area (Å²) in [5, 5.41) is 0. The molecule has 0 spiro atoms. The second kappa shape index (κ2) is 7.40. The molecule has 1 aromatic heterocycles. The molecule has 0 aliphatic heterocycles. The lowest BCUT2D eigenvalue weighted by atomic mass is 10.1. The number of pyridine rings is 1. The van der Waals surface area contributed by atoms with E-state index in [0.717, 1.165) is 16.8 Å². The largest absolute Gasteiger partial charge is 0.469 e. The third kappa shape index (κ3) is 4.29. The number of carbonyl (C=O) groups is 1. The van der Waals surface area contributed by atoms with Crippen molar-refractivity contribution < 1.29 is 19.0 Å². The molecule has 110 valence electrons. The summed E-state index contributed by atoms with van der Waals surface area (Å²) in [7, 11) is 2.94. The Hall–Kier alpha value is -2.40. The summed E-state index contributed by atoms with van der Waals surface area (Å²) in [4.78, 5) is 15.6. The van der Waals surface area contributed by atoms with Crippen LogP contribution in [0.4, 0.5) is 0 Å². The summed E-state index contributed by atoms with van der Waals surface area (Å²) >= 11 is 0. The molecule has 5 heteroatoms. The number of benzene rings is 1. The minimum atomic E-state index is -0.254. The van der Waals surface area contributed by atoms with Crippen LogP contribution in [0.1, 0.15) is 5.56 Å². The Morgan fingerprint density at radius 3 is 2.52 bits per heavy atom. The van der Waals surface area contributed by atoms with Gasteiger partial charge in [0, 0.05) is 18.7 Å². The van der Waals surface area contributed by atoms with Crippen LogP contribution in [0.15, 0.2) is 42.5 Å². The molecule has 0 aliphatic carbocycles. The molecular weight excluding hydrogens is 270 g/mol. The molecular formula is C16H17NO4. The smallest absolute Gasteiger partial charge is 0.309 e. The lowest BCUT2D eigenvalue weighted by molar-refractivity contribution is -0.139. The van der Waals surface area contributed by atoms with Gasteiger partial charge in [-0.1, -0.05) is 30.3 Å². The lowest BCUT2D eigenvalue weighted by Gasteiger charge is -2.07. The first-order chi connectivity index (χ1) is 10.2. The number of methoxy groups -OCH3 is 2. The fourth-order valence-electron chi connectivity index (χ4n) is 1.81. The molecule has 0 saturated heterocycles. The van der Waals surface area contributed by atoms with Crippen molar-refractivity contribution in [3.05, 3.63) is 48.0 Å². The van der Waals surface area contributed by atoms with E-state index in [9.17, 15) is 4.79 Å². The number of ether oxygens (including phenoxy) is 3. The highest BCUT2D eigenvalue weighted by Gasteiger charge is 2.05. The van der Waals surface area contributed by atoms with Crippen LogP contribution in [0.2, 0.25) is 0 Å². The third-order valence-electron chi connectivity index (χ3n) is 2.87. The SMILES string of the molecule is COCOc1cccc(-c2ccc(CC(=O)OC)cc2)n1. The van der Waals surface area contributed by atoms with Gasteiger partial charge in [0.1, 0.15) is 0 Å². The number of rotatable bonds is 6. The molecule has 2 aromatic rings. The van der Waals surface area contributed by atoms with E-state index in [0.29, 0.717) is 5.88 Å². The van der Waals surface area contributed by atoms with E-state index in [1.807, 2.05) is 36.4 Å². The van der Waals surface area contributed by atoms with Crippen molar-refractivity contribution in [3.63, 3.8) is 0 Å². The summed E-state index contributed by atoms with van der Waals surface area (Å²) in [6, 6.07) is 13.1. The maximum absolute atomic E-state index is 11.2. The molecule has 0 amide bonds. The van der Waals surface area contributed by atoms with Crippen molar-refractivity contribution in [2.45, 2.75) is 6.42 Å². The molecule has 5 nitrogen and oxygen atoms in total. The van der Waals surface area contributed by atoms with Crippen LogP contribution in [0.25, 0.3) is 11.3 Å². The highest BCUT2D eigenvalue weighted by atomic mass is 16.7. The first-order valence-electron chi connectivity index (χ1n) is 6.48. The zero-order valence-corrected chi connectivity index (χ0v) is 12.0. The van der Waals surface area contributed by atoms with Crippen LogP contribution in [0, 0.1) is 0 Å². The van der Waals surface area contributed by atoms with E-state index in [1.54, 1.807) is 13.2 Å². The molecule has 2 rings (SSSR count). The topological polar surface area (TPSA) is 57.7 Å². The summed E-state index contributed by atoms with van der Waals surface area (Å²) in [6.45, 7) is 0.161. The predicted molar refractivity (Wildman–Crippen MR) is 77.9 cm³/mol. The first kappa shape index (κ1) is 15.0. The average Bonchev–Trinajstić information content (AvgIpc) is 2.53. The Morgan fingerprint density at radius 2 is 1.86 bits per heavy atom. The molecule has 0 atom stereocenters. The molecule has 0 saturated carbocycles. The zero-order valence-electron chi connectivity index (χ0n) is 12.0. The van der Waals surface area contributed by atoms with Crippen molar-refractivity contribution in [1.29, 1.82) is 0 Å². The molecule has 0 bridgehead atoms. The van der Waals surface area contributed by atoms with Crippen molar-refractivity contribution in [2.75, 3.05) is 21.0 Å². The van der Waals surface area contributed by atoms with Gasteiger partial charge < -0.3 is 14.2 Å². The lowest BCUT2D eigenvalue weighted by Crippen LogP contribution is -2.04. The Bertz CT molecular complexity index is 595. The minimum absolute atomic E-state index is 0.161. The Kier molecular flexibility index (Phi) is 5.29. The van der Waals surface area contributed by atoms with E-state index >= 15 is 0 Å². The van der Waals surface area contributed by atoms with E-state index in [1.165, 1.54) is 7.11 Å². The molecule has 0 N–H and O–H groups in total. The van der Waals surface area contributed by atoms with Crippen LogP contribution in [0.5, 0.6) is 5.88 Å². The van der Waals surface area contributed by atoms with Crippen LogP contribution in [-0.4, -0.2) is 32.0 Å². The molecule has 0 unspecified atom stereocenters. The van der Waals surface area contributed by atoms with Crippen LogP contribution in [0.3, 0.4) is 0 Å². The number of hydrogen-bond donors (Lipinski definition) is 0. The van der Waals surface area contributed by atoms with Gasteiger partial charge in [0.15, 0.2) is 6.79 Å². The normalized spacial score (nSPS) is 10.2. The van der Waals surface area contributed by atoms with Gasteiger partial charge in [-0.3, -0.25) is 4.79 Å². The molecule has 1 heterocycles. The van der Waals surface area contributed by atoms with Gasteiger partial charge in [-0.25, -0.2) is 4.98 Å². The number of aromatic nitrogens is 1. The molecule has 0 radical (unpaired) electrons. The Morgan fingerprint density at radius 1 is 1.10 bits per heavy atom. The van der Waals surface area contributed by atoms with Crippen LogP contribution >= 0.6 is 0 Å². The second-order valence-electron chi connectivity index (χ2n) is 4.36. The average molecular weight is 287 g/mol. The highest BCUT2D eigenvalue weighted by Crippen LogP contribution is 2.20. The molecule has 21 heavy (non-hydrogen) atoms. The fourth-order valence-corrected chi connectivity index (χ4v) is 1.81. The van der Waals surface area contributed by atoms with Gasteiger partial charge in [0.25, 0.3) is 0 Å². The monoisotopic (exact) mass is 287 g/mol. The number of nitrogens with zero attached hydrogens (tertiary/aromatic N) is 1. The number of esters is 1. The molecule has 0 aliphatic rings. The van der Waals surface area contributed by atoms with Crippen LogP contribution in [-0.2, 0) is 20.7 Å². The maximum atomic E-state index is 11.2. The predicted octanol–water partition coefficient (Wildman–Crippen LogP) is 2.45. The van der Waals surface area contributed by atoms with Gasteiger partial charge in [-0.05, 0) is 11.6 Å². The van der Waals surface area contributed by atoms with E-state index in [-0.39, 0.29) is 19.2 Å². The Labute approximate surface area is 123 Å². The standard InChI is InChI=1S/C16H17NO4/c1-19-11-21-15-5-3-4-14(17-15)13-8-6-12(7-9-13)10-16(18)20-2/h3-9H,10-11H2,1-2H3. The van der Waals surface area contributed by atoms with E-state index in [4.69, 9.17) is 9.47 Å². The van der Waals surface area contributed by atoms with Gasteiger partial charge in [-0.2, -0.15) is 0 Å². The number of carbonyl (C=O) groups excluding carboxylic acids is 1. The molecule has 1 aromatic carbocycles. The Balaban J connectivity index is 2.12. The summed E-state index contributed by atoms with van der Waals surface area (Å²) < 4.78 is 14.8. The number of hydrogen-bond acceptors (Lipinski definition) is 5. The summed E-state index contributed by atoms with van der Waals surface area (Å²) in [5.74, 6) is 0.254. The van der Waals surface area contributed by atoms with Crippen molar-refractivity contribution >= 4 is 5.97 Å². The van der Waals surface area contributed by atoms with Crippen LogP contribution < -0.4 is 4.74 Å². The van der Waals surface area contributed by atoms with Gasteiger partial charge in [0.05, 0.1) is 19.2 Å². The first-order valence-corrected chi connectivity index (χ1v) is 6.48. The second-order valence-corrected chi connectivity index (χ2v) is 4.36. The van der Waals surface area contributed by atoms with E-state index in [2.05, 4.69) is 9.72 Å². The zero-order chi connectivity index (χ0) is 15.1. The quantitative estimate of drug-likeness (QED) is 0.603.